The molecule has 11 nitrogen and oxygen atoms in total. The van der Waals surface area contributed by atoms with Crippen molar-refractivity contribution in [3.63, 3.8) is 0 Å². The van der Waals surface area contributed by atoms with Crippen LogP contribution in [0.1, 0.15) is 46.6 Å². The SMILES string of the molecule is CCN(CC)C(=O)[C@]1(c2ccccc2)C[C@@H]1CNC(=O)OC(C)OC(=O)[C@H](ON(O)O)C(C)C. The number of hydrogen-bond donors (Lipinski definition) is 3. The van der Waals surface area contributed by atoms with Crippen molar-refractivity contribution in [2.75, 3.05) is 19.6 Å². The number of carbonyl (C=O) groups excluding carboxylic acids is 3. The summed E-state index contributed by atoms with van der Waals surface area (Å²) in [5, 5.41) is 19.7. The fraction of sp³-hybridized carbons (Fsp3) is 0.609. The van der Waals surface area contributed by atoms with E-state index >= 15 is 0 Å². The van der Waals surface area contributed by atoms with Crippen molar-refractivity contribution in [2.24, 2.45) is 11.8 Å². The van der Waals surface area contributed by atoms with E-state index in [-0.39, 0.29) is 18.4 Å². The number of nitrogens with zero attached hydrogens (tertiary/aromatic N) is 2. The second-order valence-corrected chi connectivity index (χ2v) is 8.53. The maximum absolute atomic E-state index is 13.3. The van der Waals surface area contributed by atoms with Crippen LogP contribution in [0.4, 0.5) is 4.79 Å². The van der Waals surface area contributed by atoms with E-state index in [0.29, 0.717) is 19.5 Å². The second-order valence-electron chi connectivity index (χ2n) is 8.53. The minimum Gasteiger partial charge on any atom is -0.423 e. The Hall–Kier alpha value is -2.73. The van der Waals surface area contributed by atoms with Gasteiger partial charge in [-0.2, -0.15) is 0 Å². The standard InChI is InChI=1S/C23H35N3O8/c1-6-25(7-2)21(28)23(17-11-9-8-10-12-17)13-18(23)14-24-22(29)33-16(5)32-20(27)19(15(3)4)34-26(30)31/h8-12,15-16,18-19,30-31H,6-7,13-14H2,1-5H3,(H,24,29)/t16?,18-,19-,23+/m1/s1. The predicted molar refractivity (Wildman–Crippen MR) is 119 cm³/mol. The Labute approximate surface area is 199 Å². The van der Waals surface area contributed by atoms with Crippen LogP contribution in [-0.2, 0) is 29.3 Å². The highest BCUT2D eigenvalue weighted by Gasteiger charge is 2.61. The van der Waals surface area contributed by atoms with Crippen LogP contribution < -0.4 is 5.32 Å². The molecule has 1 unspecified atom stereocenters. The van der Waals surface area contributed by atoms with Gasteiger partial charge in [0.05, 0.1) is 10.8 Å². The first-order chi connectivity index (χ1) is 16.1. The smallest absolute Gasteiger partial charge is 0.410 e. The molecule has 3 N–H and O–H groups in total. The molecule has 1 aromatic carbocycles. The van der Waals surface area contributed by atoms with Crippen molar-refractivity contribution in [2.45, 2.75) is 58.8 Å². The van der Waals surface area contributed by atoms with Gasteiger partial charge >= 0.3 is 12.1 Å². The van der Waals surface area contributed by atoms with Gasteiger partial charge in [0.1, 0.15) is 0 Å². The molecule has 1 aliphatic carbocycles. The maximum Gasteiger partial charge on any atom is 0.410 e. The highest BCUT2D eigenvalue weighted by atomic mass is 17.1. The molecule has 0 heterocycles. The Morgan fingerprint density at radius 2 is 1.71 bits per heavy atom. The zero-order valence-electron chi connectivity index (χ0n) is 20.3. The molecule has 2 amide bonds. The Bertz CT molecular complexity index is 831. The summed E-state index contributed by atoms with van der Waals surface area (Å²) >= 11 is 0. The molecule has 0 saturated heterocycles. The zero-order valence-corrected chi connectivity index (χ0v) is 20.3. The van der Waals surface area contributed by atoms with Crippen molar-refractivity contribution in [1.29, 1.82) is 0 Å². The number of likely N-dealkylation sites (N-methyl/N-ethyl adjacent to an activating group) is 1. The van der Waals surface area contributed by atoms with E-state index in [0.717, 1.165) is 5.56 Å². The van der Waals surface area contributed by atoms with Crippen molar-refractivity contribution >= 4 is 18.0 Å². The molecule has 1 aromatic rings. The van der Waals surface area contributed by atoms with E-state index in [2.05, 4.69) is 10.2 Å². The quantitative estimate of drug-likeness (QED) is 0.233. The lowest BCUT2D eigenvalue weighted by atomic mass is 9.91. The summed E-state index contributed by atoms with van der Waals surface area (Å²) in [6.45, 7) is 9.85. The minimum absolute atomic E-state index is 0.0349. The van der Waals surface area contributed by atoms with E-state index < -0.39 is 41.2 Å². The van der Waals surface area contributed by atoms with Crippen LogP contribution >= 0.6 is 0 Å². The van der Waals surface area contributed by atoms with Gasteiger partial charge in [-0.15, -0.1) is 0 Å². The first kappa shape index (κ1) is 27.5. The van der Waals surface area contributed by atoms with E-state index in [4.69, 9.17) is 19.9 Å². The third-order valence-electron chi connectivity index (χ3n) is 5.92. The first-order valence-corrected chi connectivity index (χ1v) is 11.4. The molecule has 0 spiro atoms. The minimum atomic E-state index is -1.31. The van der Waals surface area contributed by atoms with Gasteiger partial charge in [0, 0.05) is 26.6 Å². The first-order valence-electron chi connectivity index (χ1n) is 11.4. The van der Waals surface area contributed by atoms with E-state index in [9.17, 15) is 14.4 Å². The number of alkyl carbamates (subject to hydrolysis) is 1. The lowest BCUT2D eigenvalue weighted by Crippen LogP contribution is -2.42. The van der Waals surface area contributed by atoms with Gasteiger partial charge in [-0.25, -0.2) is 14.4 Å². The number of rotatable bonds is 12. The highest BCUT2D eigenvalue weighted by molar-refractivity contribution is 5.92. The van der Waals surface area contributed by atoms with Crippen LogP contribution in [0.25, 0.3) is 0 Å². The number of hydrogen-bond acceptors (Lipinski definition) is 9. The third kappa shape index (κ3) is 6.66. The molecule has 190 valence electrons. The monoisotopic (exact) mass is 481 g/mol. The average Bonchev–Trinajstić information content (AvgIpc) is 3.52. The number of amides is 2. The summed E-state index contributed by atoms with van der Waals surface area (Å²) in [6, 6.07) is 9.52. The normalized spacial score (nSPS) is 21.0. The van der Waals surface area contributed by atoms with Gasteiger partial charge in [0.15, 0.2) is 6.10 Å². The average molecular weight is 482 g/mol. The van der Waals surface area contributed by atoms with Crippen molar-refractivity contribution < 1.29 is 39.1 Å². The van der Waals surface area contributed by atoms with Gasteiger partial charge in [-0.05, 0) is 37.7 Å². The number of esters is 1. The fourth-order valence-corrected chi connectivity index (χ4v) is 4.04. The largest absolute Gasteiger partial charge is 0.423 e. The van der Waals surface area contributed by atoms with Crippen LogP contribution in [0.2, 0.25) is 0 Å². The topological polar surface area (TPSA) is 138 Å². The van der Waals surface area contributed by atoms with E-state index in [1.54, 1.807) is 18.7 Å². The van der Waals surface area contributed by atoms with E-state index in [1.165, 1.54) is 6.92 Å². The van der Waals surface area contributed by atoms with Gasteiger partial charge < -0.3 is 19.7 Å². The Kier molecular flexibility index (Phi) is 9.80. The summed E-state index contributed by atoms with van der Waals surface area (Å²) in [5.74, 6) is -1.45. The molecule has 1 fully saturated rings. The maximum atomic E-state index is 13.3. The van der Waals surface area contributed by atoms with Crippen LogP contribution in [0.5, 0.6) is 0 Å². The molecule has 1 aliphatic rings. The molecule has 1 saturated carbocycles. The Balaban J connectivity index is 1.95. The van der Waals surface area contributed by atoms with Crippen LogP contribution in [-0.4, -0.2) is 70.7 Å². The fourth-order valence-electron chi connectivity index (χ4n) is 4.04. The number of ether oxygens (including phenoxy) is 2. The van der Waals surface area contributed by atoms with Crippen molar-refractivity contribution in [3.05, 3.63) is 35.9 Å². The molecule has 0 bridgehead atoms. The third-order valence-corrected chi connectivity index (χ3v) is 5.92. The van der Waals surface area contributed by atoms with Crippen LogP contribution in [0.15, 0.2) is 30.3 Å². The van der Waals surface area contributed by atoms with Crippen molar-refractivity contribution in [3.8, 4) is 0 Å². The van der Waals surface area contributed by atoms with Crippen LogP contribution in [0.3, 0.4) is 0 Å². The van der Waals surface area contributed by atoms with Gasteiger partial charge in [0.25, 0.3) is 0 Å². The number of benzene rings is 1. The summed E-state index contributed by atoms with van der Waals surface area (Å²) in [4.78, 5) is 44.1. The van der Waals surface area contributed by atoms with Gasteiger partial charge in [-0.1, -0.05) is 44.2 Å². The Morgan fingerprint density at radius 3 is 2.24 bits per heavy atom. The molecular weight excluding hydrogens is 446 g/mol. The summed E-state index contributed by atoms with van der Waals surface area (Å²) in [6.07, 6.45) is -2.77. The number of nitrogens with one attached hydrogen (secondary N) is 1. The number of carbonyl (C=O) groups is 3. The van der Waals surface area contributed by atoms with Crippen molar-refractivity contribution in [1.82, 2.24) is 15.6 Å². The molecule has 0 radical (unpaired) electrons. The van der Waals surface area contributed by atoms with Gasteiger partial charge in [-0.3, -0.25) is 15.2 Å². The summed E-state index contributed by atoms with van der Waals surface area (Å²) < 4.78 is 10.1. The molecule has 0 aliphatic heterocycles. The summed E-state index contributed by atoms with van der Waals surface area (Å²) in [5.41, 5.74) is 0.219. The highest BCUT2D eigenvalue weighted by Crippen LogP contribution is 2.55. The second kappa shape index (κ2) is 12.1. The lowest BCUT2D eigenvalue weighted by Gasteiger charge is -2.26. The molecule has 2 rings (SSSR count). The Morgan fingerprint density at radius 1 is 1.09 bits per heavy atom. The zero-order chi connectivity index (χ0) is 25.5. The lowest BCUT2D eigenvalue weighted by molar-refractivity contribution is -0.504. The molecule has 34 heavy (non-hydrogen) atoms. The predicted octanol–water partition coefficient (Wildman–Crippen LogP) is 2.46. The van der Waals surface area contributed by atoms with E-state index in [1.807, 2.05) is 44.2 Å². The molecule has 0 aromatic heterocycles. The van der Waals surface area contributed by atoms with Crippen LogP contribution in [0, 0.1) is 11.8 Å². The molecule has 4 atom stereocenters. The van der Waals surface area contributed by atoms with Gasteiger partial charge in [0.2, 0.25) is 12.2 Å². The molecular formula is C23H35N3O8. The summed E-state index contributed by atoms with van der Waals surface area (Å²) in [7, 11) is 0. The molecule has 11 heteroatoms.